The quantitative estimate of drug-likeness (QED) is 0.584. The molecular formula is C22H26FNO2. The minimum Gasteiger partial charge on any atom is -0.465 e. The zero-order chi connectivity index (χ0) is 19.1. The van der Waals surface area contributed by atoms with Gasteiger partial charge in [0.1, 0.15) is 12.4 Å². The smallest absolute Gasteiger partial charge is 0.325 e. The highest BCUT2D eigenvalue weighted by Crippen LogP contribution is 2.29. The van der Waals surface area contributed by atoms with Crippen molar-refractivity contribution in [2.45, 2.75) is 40.7 Å². The minimum atomic E-state index is -0.284. The first-order valence-electron chi connectivity index (χ1n) is 9.07. The fourth-order valence-electron chi connectivity index (χ4n) is 3.09. The molecule has 0 saturated carbocycles. The number of hydrogen-bond donors (Lipinski definition) is 0. The number of esters is 1. The zero-order valence-corrected chi connectivity index (χ0v) is 15.9. The van der Waals surface area contributed by atoms with E-state index in [1.165, 1.54) is 6.07 Å². The standard InChI is InChI=1S/C20H20FNO2.C2H6/c1-3-24-20(23)13-22-14(2)17(11-15-7-5-4-6-8-15)18-12-16(21)9-10-19(18)22;1-2/h4-10,12H,3,11,13H2,1-2H3;1-2H3. The highest BCUT2D eigenvalue weighted by molar-refractivity contribution is 5.87. The van der Waals surface area contributed by atoms with E-state index in [0.29, 0.717) is 13.0 Å². The summed E-state index contributed by atoms with van der Waals surface area (Å²) < 4.78 is 20.8. The number of carbonyl (C=O) groups excluding carboxylic acids is 1. The van der Waals surface area contributed by atoms with Gasteiger partial charge in [-0.05, 0) is 49.6 Å². The predicted molar refractivity (Wildman–Crippen MR) is 104 cm³/mol. The summed E-state index contributed by atoms with van der Waals surface area (Å²) in [6, 6.07) is 14.7. The Labute approximate surface area is 154 Å². The molecule has 0 fully saturated rings. The van der Waals surface area contributed by atoms with Gasteiger partial charge in [0, 0.05) is 16.6 Å². The van der Waals surface area contributed by atoms with Gasteiger partial charge in [-0.2, -0.15) is 0 Å². The van der Waals surface area contributed by atoms with Crippen LogP contribution in [-0.2, 0) is 22.5 Å². The normalized spacial score (nSPS) is 10.3. The molecule has 0 aliphatic rings. The minimum absolute atomic E-state index is 0.136. The van der Waals surface area contributed by atoms with Gasteiger partial charge in [-0.1, -0.05) is 44.2 Å². The lowest BCUT2D eigenvalue weighted by Crippen LogP contribution is -2.14. The summed E-state index contributed by atoms with van der Waals surface area (Å²) in [5.74, 6) is -0.557. The number of aromatic nitrogens is 1. The van der Waals surface area contributed by atoms with E-state index in [1.807, 2.05) is 55.7 Å². The molecule has 0 saturated heterocycles. The van der Waals surface area contributed by atoms with Crippen molar-refractivity contribution in [1.29, 1.82) is 0 Å². The lowest BCUT2D eigenvalue weighted by molar-refractivity contribution is -0.143. The maximum absolute atomic E-state index is 13.8. The van der Waals surface area contributed by atoms with Crippen molar-refractivity contribution in [2.24, 2.45) is 0 Å². The number of hydrogen-bond acceptors (Lipinski definition) is 2. The molecule has 3 aromatic rings. The number of fused-ring (bicyclic) bond motifs is 1. The molecule has 3 nitrogen and oxygen atoms in total. The SMILES string of the molecule is CC.CCOC(=O)Cn1c(C)c(Cc2ccccc2)c2cc(F)ccc21. The molecule has 0 atom stereocenters. The number of nitrogens with zero attached hydrogens (tertiary/aromatic N) is 1. The highest BCUT2D eigenvalue weighted by atomic mass is 19.1. The van der Waals surface area contributed by atoms with E-state index in [4.69, 9.17) is 4.74 Å². The van der Waals surface area contributed by atoms with Crippen molar-refractivity contribution in [3.8, 4) is 0 Å². The fourth-order valence-corrected chi connectivity index (χ4v) is 3.09. The van der Waals surface area contributed by atoms with Crippen LogP contribution < -0.4 is 0 Å². The Morgan fingerprint density at radius 1 is 1.12 bits per heavy atom. The largest absolute Gasteiger partial charge is 0.465 e. The van der Waals surface area contributed by atoms with Crippen LogP contribution in [0.3, 0.4) is 0 Å². The van der Waals surface area contributed by atoms with Gasteiger partial charge in [-0.25, -0.2) is 4.39 Å². The van der Waals surface area contributed by atoms with Crippen LogP contribution in [-0.4, -0.2) is 17.1 Å². The Morgan fingerprint density at radius 2 is 1.81 bits per heavy atom. The molecule has 0 spiro atoms. The first-order valence-corrected chi connectivity index (χ1v) is 9.07. The van der Waals surface area contributed by atoms with Crippen LogP contribution >= 0.6 is 0 Å². The van der Waals surface area contributed by atoms with Crippen molar-refractivity contribution in [2.75, 3.05) is 6.61 Å². The number of benzene rings is 2. The van der Waals surface area contributed by atoms with Gasteiger partial charge in [0.2, 0.25) is 0 Å². The highest BCUT2D eigenvalue weighted by Gasteiger charge is 2.17. The molecule has 0 radical (unpaired) electrons. The maximum Gasteiger partial charge on any atom is 0.325 e. The lowest BCUT2D eigenvalue weighted by atomic mass is 10.0. The van der Waals surface area contributed by atoms with E-state index in [0.717, 1.165) is 27.7 Å². The van der Waals surface area contributed by atoms with Gasteiger partial charge >= 0.3 is 5.97 Å². The molecule has 1 aromatic heterocycles. The molecular weight excluding hydrogens is 329 g/mol. The average molecular weight is 355 g/mol. The number of rotatable bonds is 5. The zero-order valence-electron chi connectivity index (χ0n) is 15.9. The third-order valence-corrected chi connectivity index (χ3v) is 4.23. The third kappa shape index (κ3) is 4.31. The van der Waals surface area contributed by atoms with Crippen molar-refractivity contribution in [1.82, 2.24) is 4.57 Å². The summed E-state index contributed by atoms with van der Waals surface area (Å²) in [7, 11) is 0. The fraction of sp³-hybridized carbons (Fsp3) is 0.318. The van der Waals surface area contributed by atoms with E-state index in [9.17, 15) is 9.18 Å². The number of ether oxygens (including phenoxy) is 1. The molecule has 4 heteroatoms. The van der Waals surface area contributed by atoms with Crippen LogP contribution in [0.2, 0.25) is 0 Å². The van der Waals surface area contributed by atoms with Gasteiger partial charge < -0.3 is 9.30 Å². The van der Waals surface area contributed by atoms with Crippen LogP contribution in [0.15, 0.2) is 48.5 Å². The van der Waals surface area contributed by atoms with Crippen molar-refractivity contribution in [3.05, 3.63) is 71.2 Å². The predicted octanol–water partition coefficient (Wildman–Crippen LogP) is 5.27. The molecule has 26 heavy (non-hydrogen) atoms. The van der Waals surface area contributed by atoms with Crippen molar-refractivity contribution < 1.29 is 13.9 Å². The van der Waals surface area contributed by atoms with E-state index in [2.05, 4.69) is 0 Å². The van der Waals surface area contributed by atoms with Crippen molar-refractivity contribution in [3.63, 3.8) is 0 Å². The first-order chi connectivity index (χ1) is 12.6. The second-order valence-electron chi connectivity index (χ2n) is 5.78. The van der Waals surface area contributed by atoms with E-state index in [-0.39, 0.29) is 18.3 Å². The first kappa shape index (κ1) is 19.7. The van der Waals surface area contributed by atoms with Crippen LogP contribution in [0.25, 0.3) is 10.9 Å². The van der Waals surface area contributed by atoms with Gasteiger partial charge in [0.15, 0.2) is 0 Å². The molecule has 1 heterocycles. The summed E-state index contributed by atoms with van der Waals surface area (Å²) in [5, 5.41) is 0.848. The van der Waals surface area contributed by atoms with Crippen molar-refractivity contribution >= 4 is 16.9 Å². The molecule has 0 aliphatic heterocycles. The monoisotopic (exact) mass is 355 g/mol. The summed E-state index contributed by atoms with van der Waals surface area (Å²) in [6.45, 7) is 8.24. The second kappa shape index (κ2) is 9.18. The number of halogens is 1. The molecule has 2 aromatic carbocycles. The Hall–Kier alpha value is -2.62. The molecule has 3 rings (SSSR count). The second-order valence-corrected chi connectivity index (χ2v) is 5.78. The van der Waals surface area contributed by atoms with Crippen LogP contribution in [0, 0.1) is 12.7 Å². The molecule has 0 amide bonds. The van der Waals surface area contributed by atoms with E-state index < -0.39 is 0 Å². The molecule has 0 unspecified atom stereocenters. The van der Waals surface area contributed by atoms with Gasteiger partial charge in [0.05, 0.1) is 6.61 Å². The van der Waals surface area contributed by atoms with Crippen LogP contribution in [0.4, 0.5) is 4.39 Å². The van der Waals surface area contributed by atoms with Crippen LogP contribution in [0.1, 0.15) is 37.6 Å². The average Bonchev–Trinajstić information content (AvgIpc) is 2.90. The Bertz CT molecular complexity index is 869. The molecule has 0 N–H and O–H groups in total. The Balaban J connectivity index is 0.00000117. The lowest BCUT2D eigenvalue weighted by Gasteiger charge is -2.08. The van der Waals surface area contributed by atoms with Gasteiger partial charge in [-0.3, -0.25) is 4.79 Å². The number of carbonyl (C=O) groups is 1. The molecule has 0 bridgehead atoms. The summed E-state index contributed by atoms with van der Waals surface area (Å²) in [6.07, 6.45) is 0.697. The van der Waals surface area contributed by atoms with Gasteiger partial charge in [-0.15, -0.1) is 0 Å². The molecule has 0 aliphatic carbocycles. The maximum atomic E-state index is 13.8. The van der Waals surface area contributed by atoms with E-state index in [1.54, 1.807) is 19.1 Å². The molecule has 138 valence electrons. The topological polar surface area (TPSA) is 31.2 Å². The van der Waals surface area contributed by atoms with E-state index >= 15 is 0 Å². The summed E-state index contributed by atoms with van der Waals surface area (Å²) >= 11 is 0. The Morgan fingerprint density at radius 3 is 2.46 bits per heavy atom. The summed E-state index contributed by atoms with van der Waals surface area (Å²) in [5.41, 5.74) is 4.01. The van der Waals surface area contributed by atoms with Crippen LogP contribution in [0.5, 0.6) is 0 Å². The van der Waals surface area contributed by atoms with Gasteiger partial charge in [0.25, 0.3) is 0 Å². The summed E-state index contributed by atoms with van der Waals surface area (Å²) in [4.78, 5) is 11.9. The Kier molecular flexibility index (Phi) is 6.96. The third-order valence-electron chi connectivity index (χ3n) is 4.23.